The molecule has 2 unspecified atom stereocenters. The summed E-state index contributed by atoms with van der Waals surface area (Å²) in [4.78, 5) is 1.49. The predicted molar refractivity (Wildman–Crippen MR) is 85.6 cm³/mol. The number of aliphatic hydroxyl groups is 1. The van der Waals surface area contributed by atoms with E-state index in [4.69, 9.17) is 0 Å². The van der Waals surface area contributed by atoms with Crippen LogP contribution >= 0.6 is 11.3 Å². The maximum atomic E-state index is 10.7. The molecule has 0 aliphatic heterocycles. The Balaban J connectivity index is 1.83. The van der Waals surface area contributed by atoms with Gasteiger partial charge in [0, 0.05) is 10.8 Å². The highest BCUT2D eigenvalue weighted by Gasteiger charge is 2.28. The molecule has 0 saturated heterocycles. The first-order chi connectivity index (χ1) is 9.66. The first-order valence-electron chi connectivity index (χ1n) is 7.46. The van der Waals surface area contributed by atoms with Gasteiger partial charge < -0.3 is 5.11 Å². The fraction of sp³-hybridized carbons (Fsp3) is 0.444. The van der Waals surface area contributed by atoms with Crippen molar-refractivity contribution in [1.82, 2.24) is 0 Å². The fourth-order valence-electron chi connectivity index (χ4n) is 3.44. The van der Waals surface area contributed by atoms with E-state index in [1.807, 2.05) is 11.3 Å². The van der Waals surface area contributed by atoms with Crippen molar-refractivity contribution in [2.75, 3.05) is 0 Å². The molecule has 0 saturated carbocycles. The maximum absolute atomic E-state index is 10.7. The predicted octanol–water partition coefficient (Wildman–Crippen LogP) is 4.39. The molecule has 20 heavy (non-hydrogen) atoms. The zero-order valence-electron chi connectivity index (χ0n) is 12.2. The zero-order chi connectivity index (χ0) is 14.1. The van der Waals surface area contributed by atoms with E-state index in [2.05, 4.69) is 43.5 Å². The molecule has 2 aromatic rings. The number of rotatable bonds is 3. The lowest BCUT2D eigenvalue weighted by Crippen LogP contribution is -2.24. The van der Waals surface area contributed by atoms with Gasteiger partial charge in [-0.15, -0.1) is 11.3 Å². The van der Waals surface area contributed by atoms with Gasteiger partial charge in [0.2, 0.25) is 0 Å². The second-order valence-electron chi connectivity index (χ2n) is 5.94. The highest BCUT2D eigenvalue weighted by Crippen LogP contribution is 2.38. The van der Waals surface area contributed by atoms with Crippen LogP contribution in [0, 0.1) is 13.8 Å². The van der Waals surface area contributed by atoms with Crippen LogP contribution in [0.1, 0.15) is 45.9 Å². The van der Waals surface area contributed by atoms with E-state index in [1.165, 1.54) is 40.0 Å². The van der Waals surface area contributed by atoms with Crippen molar-refractivity contribution < 1.29 is 5.11 Å². The minimum Gasteiger partial charge on any atom is -0.392 e. The summed E-state index contributed by atoms with van der Waals surface area (Å²) in [6.07, 6.45) is 4.04. The molecule has 0 fully saturated rings. The van der Waals surface area contributed by atoms with E-state index < -0.39 is 0 Å². The van der Waals surface area contributed by atoms with Crippen molar-refractivity contribution in [3.63, 3.8) is 0 Å². The van der Waals surface area contributed by atoms with Gasteiger partial charge in [-0.3, -0.25) is 0 Å². The molecule has 106 valence electrons. The molecule has 2 heteroatoms. The Morgan fingerprint density at radius 1 is 1.25 bits per heavy atom. The summed E-state index contributed by atoms with van der Waals surface area (Å²) in [5.41, 5.74) is 5.32. The quantitative estimate of drug-likeness (QED) is 0.887. The van der Waals surface area contributed by atoms with Crippen LogP contribution in [0.2, 0.25) is 0 Å². The van der Waals surface area contributed by atoms with Crippen LogP contribution in [0.4, 0.5) is 0 Å². The highest BCUT2D eigenvalue weighted by molar-refractivity contribution is 7.10. The van der Waals surface area contributed by atoms with Crippen molar-refractivity contribution in [3.8, 4) is 0 Å². The van der Waals surface area contributed by atoms with Crippen LogP contribution in [0.15, 0.2) is 29.6 Å². The summed E-state index contributed by atoms with van der Waals surface area (Å²) >= 11 is 1.85. The van der Waals surface area contributed by atoms with Crippen molar-refractivity contribution in [2.45, 2.75) is 51.6 Å². The molecule has 2 atom stereocenters. The van der Waals surface area contributed by atoms with Crippen LogP contribution in [-0.2, 0) is 12.8 Å². The normalized spacial score (nSPS) is 19.6. The summed E-state index contributed by atoms with van der Waals surface area (Å²) in [7, 11) is 0. The molecular formula is C18H22OS. The summed E-state index contributed by atoms with van der Waals surface area (Å²) in [5, 5.41) is 12.9. The van der Waals surface area contributed by atoms with Gasteiger partial charge in [0.25, 0.3) is 0 Å². The zero-order valence-corrected chi connectivity index (χ0v) is 13.0. The van der Waals surface area contributed by atoms with E-state index in [9.17, 15) is 5.11 Å². The average Bonchev–Trinajstić information content (AvgIpc) is 2.91. The van der Waals surface area contributed by atoms with Crippen molar-refractivity contribution in [2.24, 2.45) is 0 Å². The number of aryl methyl sites for hydroxylation is 3. The molecule has 1 aliphatic carbocycles. The van der Waals surface area contributed by atoms with Crippen molar-refractivity contribution in [1.29, 1.82) is 0 Å². The van der Waals surface area contributed by atoms with Gasteiger partial charge in [-0.1, -0.05) is 18.2 Å². The molecule has 1 heterocycles. The molecule has 0 bridgehead atoms. The molecule has 3 rings (SSSR count). The smallest absolute Gasteiger partial charge is 0.0649 e. The second kappa shape index (κ2) is 5.71. The maximum Gasteiger partial charge on any atom is 0.0649 e. The Bertz CT molecular complexity index is 579. The number of hydrogen-bond donors (Lipinski definition) is 1. The summed E-state index contributed by atoms with van der Waals surface area (Å²) < 4.78 is 0. The first-order valence-corrected chi connectivity index (χ1v) is 8.34. The Labute approximate surface area is 125 Å². The van der Waals surface area contributed by atoms with Gasteiger partial charge in [-0.2, -0.15) is 0 Å². The van der Waals surface area contributed by atoms with Crippen LogP contribution < -0.4 is 0 Å². The monoisotopic (exact) mass is 286 g/mol. The van der Waals surface area contributed by atoms with E-state index in [1.54, 1.807) is 0 Å². The van der Waals surface area contributed by atoms with E-state index in [-0.39, 0.29) is 6.10 Å². The van der Waals surface area contributed by atoms with Crippen molar-refractivity contribution in [3.05, 3.63) is 56.8 Å². The molecule has 1 aliphatic rings. The largest absolute Gasteiger partial charge is 0.392 e. The molecule has 1 aromatic heterocycles. The standard InChI is InChI=1S/C18H22OS/c1-12-5-3-6-13(2)16(12)11-17(19)14-7-4-8-18-15(14)9-10-20-18/h3,5-6,9-10,14,17,19H,4,7-8,11H2,1-2H3. The van der Waals surface area contributed by atoms with E-state index >= 15 is 0 Å². The third-order valence-electron chi connectivity index (χ3n) is 4.62. The Morgan fingerprint density at radius 3 is 2.75 bits per heavy atom. The van der Waals surface area contributed by atoms with E-state index in [0.717, 1.165) is 12.8 Å². The lowest BCUT2D eigenvalue weighted by molar-refractivity contribution is 0.134. The summed E-state index contributed by atoms with van der Waals surface area (Å²) in [6, 6.07) is 8.60. The molecule has 1 aromatic carbocycles. The number of hydrogen-bond acceptors (Lipinski definition) is 2. The third kappa shape index (κ3) is 2.55. The Hall–Kier alpha value is -1.12. The number of fused-ring (bicyclic) bond motifs is 1. The minimum atomic E-state index is -0.261. The van der Waals surface area contributed by atoms with E-state index in [0.29, 0.717) is 5.92 Å². The number of thiophene rings is 1. The molecular weight excluding hydrogens is 264 g/mol. The topological polar surface area (TPSA) is 20.2 Å². The third-order valence-corrected chi connectivity index (χ3v) is 5.62. The van der Waals surface area contributed by atoms with Gasteiger partial charge in [0.1, 0.15) is 0 Å². The molecule has 0 radical (unpaired) electrons. The molecule has 0 spiro atoms. The van der Waals surface area contributed by atoms with Gasteiger partial charge in [0.15, 0.2) is 0 Å². The van der Waals surface area contributed by atoms with Crippen LogP contribution in [0.3, 0.4) is 0 Å². The second-order valence-corrected chi connectivity index (χ2v) is 6.94. The van der Waals surface area contributed by atoms with Gasteiger partial charge >= 0.3 is 0 Å². The molecule has 0 amide bonds. The Kier molecular flexibility index (Phi) is 3.95. The summed E-state index contributed by atoms with van der Waals surface area (Å²) in [6.45, 7) is 4.29. The number of benzene rings is 1. The molecule has 1 nitrogen and oxygen atoms in total. The summed E-state index contributed by atoms with van der Waals surface area (Å²) in [5.74, 6) is 0.323. The van der Waals surface area contributed by atoms with Crippen LogP contribution in [0.5, 0.6) is 0 Å². The van der Waals surface area contributed by atoms with Crippen LogP contribution in [-0.4, -0.2) is 11.2 Å². The molecule has 1 N–H and O–H groups in total. The Morgan fingerprint density at radius 2 is 2.00 bits per heavy atom. The van der Waals surface area contributed by atoms with Crippen molar-refractivity contribution >= 4 is 11.3 Å². The lowest BCUT2D eigenvalue weighted by Gasteiger charge is -2.28. The highest BCUT2D eigenvalue weighted by atomic mass is 32.1. The van der Waals surface area contributed by atoms with Gasteiger partial charge in [-0.25, -0.2) is 0 Å². The fourth-order valence-corrected chi connectivity index (χ4v) is 4.44. The lowest BCUT2D eigenvalue weighted by atomic mass is 9.81. The first kappa shape index (κ1) is 13.8. The van der Waals surface area contributed by atoms with Gasteiger partial charge in [-0.05, 0) is 73.2 Å². The van der Waals surface area contributed by atoms with Crippen LogP contribution in [0.25, 0.3) is 0 Å². The SMILES string of the molecule is Cc1cccc(C)c1CC(O)C1CCCc2sccc21. The number of aliphatic hydroxyl groups excluding tert-OH is 1. The minimum absolute atomic E-state index is 0.261. The van der Waals surface area contributed by atoms with Gasteiger partial charge in [0.05, 0.1) is 6.10 Å². The average molecular weight is 286 g/mol.